The lowest BCUT2D eigenvalue weighted by atomic mass is 10.0. The second kappa shape index (κ2) is 4.25. The molecule has 1 rings (SSSR count). The van der Waals surface area contributed by atoms with Gasteiger partial charge in [-0.2, -0.15) is 0 Å². The first-order valence-electron chi connectivity index (χ1n) is 4.59. The Hall–Kier alpha value is -1.06. The molecule has 1 N–H and O–H groups in total. The highest BCUT2D eigenvalue weighted by Crippen LogP contribution is 2.10. The number of esters is 1. The number of piperidine rings is 1. The van der Waals surface area contributed by atoms with Gasteiger partial charge in [0.1, 0.15) is 6.04 Å². The van der Waals surface area contributed by atoms with Gasteiger partial charge in [0.15, 0.2) is 0 Å². The summed E-state index contributed by atoms with van der Waals surface area (Å²) in [5.74, 6) is -0.375. The Labute approximate surface area is 77.6 Å². The largest absolute Gasteiger partial charge is 0.461 e. The van der Waals surface area contributed by atoms with Crippen molar-refractivity contribution in [3.8, 4) is 0 Å². The number of amides is 1. The summed E-state index contributed by atoms with van der Waals surface area (Å²) in [6, 6.07) is -0.427. The van der Waals surface area contributed by atoms with Gasteiger partial charge >= 0.3 is 5.97 Å². The molecule has 0 bridgehead atoms. The predicted molar refractivity (Wildman–Crippen MR) is 47.0 cm³/mol. The van der Waals surface area contributed by atoms with Gasteiger partial charge in [-0.25, -0.2) is 4.79 Å². The van der Waals surface area contributed by atoms with Crippen LogP contribution in [0.1, 0.15) is 33.1 Å². The van der Waals surface area contributed by atoms with Crippen molar-refractivity contribution in [1.82, 2.24) is 5.32 Å². The predicted octanol–water partition coefficient (Wildman–Crippen LogP) is 0.607. The number of carbonyl (C=O) groups is 2. The van der Waals surface area contributed by atoms with Gasteiger partial charge in [-0.3, -0.25) is 4.79 Å². The minimum atomic E-state index is -0.427. The fourth-order valence-electron chi connectivity index (χ4n) is 1.30. The zero-order valence-electron chi connectivity index (χ0n) is 8.00. The molecule has 1 atom stereocenters. The molecule has 0 saturated carbocycles. The first-order chi connectivity index (χ1) is 6.09. The summed E-state index contributed by atoms with van der Waals surface area (Å²) < 4.78 is 4.98. The van der Waals surface area contributed by atoms with E-state index in [-0.39, 0.29) is 18.0 Å². The maximum atomic E-state index is 11.3. The van der Waals surface area contributed by atoms with Gasteiger partial charge in [0.2, 0.25) is 5.91 Å². The average Bonchev–Trinajstić information content (AvgIpc) is 2.03. The van der Waals surface area contributed by atoms with Crippen molar-refractivity contribution in [2.45, 2.75) is 45.3 Å². The lowest BCUT2D eigenvalue weighted by Gasteiger charge is -2.22. The molecule has 0 spiro atoms. The van der Waals surface area contributed by atoms with Crippen molar-refractivity contribution in [2.75, 3.05) is 0 Å². The van der Waals surface area contributed by atoms with E-state index in [1.54, 1.807) is 13.8 Å². The van der Waals surface area contributed by atoms with E-state index < -0.39 is 6.04 Å². The standard InChI is InChI=1S/C9H15NO3/c1-6(2)13-9(12)7-4-3-5-8(11)10-7/h6-7H,3-5H2,1-2H3,(H,10,11)/t7-/m1/s1. The normalized spacial score (nSPS) is 22.7. The number of carbonyl (C=O) groups excluding carboxylic acids is 2. The van der Waals surface area contributed by atoms with Gasteiger partial charge in [0.25, 0.3) is 0 Å². The van der Waals surface area contributed by atoms with Gasteiger partial charge in [-0.1, -0.05) is 0 Å². The minimum absolute atomic E-state index is 0.0584. The summed E-state index contributed by atoms with van der Waals surface area (Å²) in [7, 11) is 0. The first-order valence-corrected chi connectivity index (χ1v) is 4.59. The Morgan fingerprint density at radius 3 is 2.85 bits per heavy atom. The molecule has 1 fully saturated rings. The monoisotopic (exact) mass is 185 g/mol. The Morgan fingerprint density at radius 2 is 2.31 bits per heavy atom. The summed E-state index contributed by atoms with van der Waals surface area (Å²) >= 11 is 0. The van der Waals surface area contributed by atoms with E-state index >= 15 is 0 Å². The first kappa shape index (κ1) is 10.0. The van der Waals surface area contributed by atoms with Crippen LogP contribution in [0.3, 0.4) is 0 Å². The highest BCUT2D eigenvalue weighted by atomic mass is 16.5. The fourth-order valence-corrected chi connectivity index (χ4v) is 1.30. The third-order valence-corrected chi connectivity index (χ3v) is 1.87. The Bertz CT molecular complexity index is 213. The molecule has 1 amide bonds. The number of rotatable bonds is 2. The number of hydrogen-bond donors (Lipinski definition) is 1. The highest BCUT2D eigenvalue weighted by molar-refractivity contribution is 5.85. The molecular weight excluding hydrogens is 170 g/mol. The molecule has 1 aliphatic rings. The van der Waals surface area contributed by atoms with E-state index in [1.165, 1.54) is 0 Å². The second-order valence-corrected chi connectivity index (χ2v) is 3.50. The molecule has 1 saturated heterocycles. The Balaban J connectivity index is 2.41. The number of ether oxygens (including phenoxy) is 1. The van der Waals surface area contributed by atoms with Gasteiger partial charge in [-0.15, -0.1) is 0 Å². The summed E-state index contributed by atoms with van der Waals surface area (Å²) in [5, 5.41) is 2.61. The molecular formula is C9H15NO3. The molecule has 4 heteroatoms. The van der Waals surface area contributed by atoms with Crippen LogP contribution in [-0.2, 0) is 14.3 Å². The van der Waals surface area contributed by atoms with Gasteiger partial charge in [0, 0.05) is 6.42 Å². The Morgan fingerprint density at radius 1 is 1.62 bits per heavy atom. The van der Waals surface area contributed by atoms with E-state index in [1.807, 2.05) is 0 Å². The lowest BCUT2D eigenvalue weighted by Crippen LogP contribution is -2.45. The van der Waals surface area contributed by atoms with E-state index in [2.05, 4.69) is 5.32 Å². The molecule has 74 valence electrons. The smallest absolute Gasteiger partial charge is 0.328 e. The van der Waals surface area contributed by atoms with Crippen LogP contribution < -0.4 is 5.32 Å². The second-order valence-electron chi connectivity index (χ2n) is 3.50. The molecule has 0 aromatic heterocycles. The molecule has 1 aliphatic heterocycles. The quantitative estimate of drug-likeness (QED) is 0.641. The number of nitrogens with one attached hydrogen (secondary N) is 1. The van der Waals surface area contributed by atoms with Gasteiger partial charge in [0.05, 0.1) is 6.10 Å². The zero-order chi connectivity index (χ0) is 9.84. The third kappa shape index (κ3) is 3.05. The average molecular weight is 185 g/mol. The summed E-state index contributed by atoms with van der Waals surface area (Å²) in [5.41, 5.74) is 0. The van der Waals surface area contributed by atoms with Crippen molar-refractivity contribution < 1.29 is 14.3 Å². The van der Waals surface area contributed by atoms with Crippen molar-refractivity contribution in [2.24, 2.45) is 0 Å². The topological polar surface area (TPSA) is 55.4 Å². The molecule has 0 radical (unpaired) electrons. The summed E-state index contributed by atoms with van der Waals surface area (Å²) in [6.45, 7) is 3.59. The van der Waals surface area contributed by atoms with Crippen LogP contribution in [-0.4, -0.2) is 24.0 Å². The SMILES string of the molecule is CC(C)OC(=O)[C@H]1CCCC(=O)N1. The van der Waals surface area contributed by atoms with E-state index in [0.29, 0.717) is 12.8 Å². The molecule has 0 aromatic carbocycles. The van der Waals surface area contributed by atoms with Crippen LogP contribution in [0.4, 0.5) is 0 Å². The van der Waals surface area contributed by atoms with Crippen molar-refractivity contribution in [3.05, 3.63) is 0 Å². The van der Waals surface area contributed by atoms with E-state index in [0.717, 1.165) is 6.42 Å². The van der Waals surface area contributed by atoms with Crippen LogP contribution in [0.5, 0.6) is 0 Å². The fraction of sp³-hybridized carbons (Fsp3) is 0.778. The van der Waals surface area contributed by atoms with Gasteiger partial charge < -0.3 is 10.1 Å². The van der Waals surface area contributed by atoms with Crippen molar-refractivity contribution >= 4 is 11.9 Å². The summed E-state index contributed by atoms with van der Waals surface area (Å²) in [6.07, 6.45) is 1.86. The molecule has 0 aromatic rings. The maximum absolute atomic E-state index is 11.3. The molecule has 13 heavy (non-hydrogen) atoms. The Kier molecular flexibility index (Phi) is 3.28. The number of hydrogen-bond acceptors (Lipinski definition) is 3. The molecule has 0 aliphatic carbocycles. The van der Waals surface area contributed by atoms with Gasteiger partial charge in [-0.05, 0) is 26.7 Å². The molecule has 4 nitrogen and oxygen atoms in total. The van der Waals surface area contributed by atoms with E-state index in [4.69, 9.17) is 4.74 Å². The zero-order valence-corrected chi connectivity index (χ0v) is 8.00. The van der Waals surface area contributed by atoms with Crippen LogP contribution in [0.2, 0.25) is 0 Å². The van der Waals surface area contributed by atoms with Crippen LogP contribution >= 0.6 is 0 Å². The summed E-state index contributed by atoms with van der Waals surface area (Å²) in [4.78, 5) is 22.3. The van der Waals surface area contributed by atoms with Crippen molar-refractivity contribution in [3.63, 3.8) is 0 Å². The maximum Gasteiger partial charge on any atom is 0.328 e. The van der Waals surface area contributed by atoms with Crippen molar-refractivity contribution in [1.29, 1.82) is 0 Å². The minimum Gasteiger partial charge on any atom is -0.461 e. The lowest BCUT2D eigenvalue weighted by molar-refractivity contribution is -0.152. The van der Waals surface area contributed by atoms with Crippen LogP contribution in [0.25, 0.3) is 0 Å². The van der Waals surface area contributed by atoms with Crippen LogP contribution in [0, 0.1) is 0 Å². The van der Waals surface area contributed by atoms with Crippen LogP contribution in [0.15, 0.2) is 0 Å². The molecule has 0 unspecified atom stereocenters. The van der Waals surface area contributed by atoms with E-state index in [9.17, 15) is 9.59 Å². The molecule has 1 heterocycles. The highest BCUT2D eigenvalue weighted by Gasteiger charge is 2.26. The third-order valence-electron chi connectivity index (χ3n) is 1.87.